The first-order chi connectivity index (χ1) is 11.1. The molecule has 0 spiro atoms. The first-order valence-corrected chi connectivity index (χ1v) is 8.17. The number of hydrogen-bond acceptors (Lipinski definition) is 2. The van der Waals surface area contributed by atoms with Crippen LogP contribution >= 0.6 is 11.6 Å². The van der Waals surface area contributed by atoms with E-state index in [-0.39, 0.29) is 0 Å². The minimum atomic E-state index is 0.650. The summed E-state index contributed by atoms with van der Waals surface area (Å²) >= 11 is 6.15. The average Bonchev–Trinajstić information content (AvgIpc) is 2.86. The van der Waals surface area contributed by atoms with E-state index in [9.17, 15) is 0 Å². The zero-order valence-electron chi connectivity index (χ0n) is 13.9. The van der Waals surface area contributed by atoms with E-state index in [2.05, 4.69) is 33.7 Å². The van der Waals surface area contributed by atoms with Crippen LogP contribution in [0.4, 0.5) is 0 Å². The van der Waals surface area contributed by atoms with Crippen molar-refractivity contribution in [2.45, 2.75) is 33.4 Å². The van der Waals surface area contributed by atoms with Crippen molar-refractivity contribution in [3.05, 3.63) is 52.3 Å². The maximum atomic E-state index is 6.15. The van der Waals surface area contributed by atoms with Gasteiger partial charge in [-0.3, -0.25) is 9.67 Å². The van der Waals surface area contributed by atoms with Gasteiger partial charge in [-0.25, -0.2) is 0 Å². The molecule has 6 heteroatoms. The Morgan fingerprint density at radius 1 is 1.26 bits per heavy atom. The number of rotatable bonds is 6. The van der Waals surface area contributed by atoms with Gasteiger partial charge in [0.15, 0.2) is 5.96 Å². The van der Waals surface area contributed by atoms with E-state index in [0.717, 1.165) is 41.7 Å². The molecule has 0 fully saturated rings. The van der Waals surface area contributed by atoms with Gasteiger partial charge in [0, 0.05) is 37.4 Å². The van der Waals surface area contributed by atoms with Crippen molar-refractivity contribution in [2.24, 2.45) is 4.99 Å². The fraction of sp³-hybridized carbons (Fsp3) is 0.412. The smallest absolute Gasteiger partial charge is 0.191 e. The lowest BCUT2D eigenvalue weighted by atomic mass is 10.2. The molecule has 5 nitrogen and oxygen atoms in total. The number of nitrogens with one attached hydrogen (secondary N) is 2. The number of benzene rings is 1. The lowest BCUT2D eigenvalue weighted by Gasteiger charge is -2.13. The van der Waals surface area contributed by atoms with Crippen LogP contribution in [0.3, 0.4) is 0 Å². The SMILES string of the molecule is CN=C(NCCCn1nc(C)cc1C)NCc1ccccc1Cl. The lowest BCUT2D eigenvalue weighted by molar-refractivity contribution is 0.555. The van der Waals surface area contributed by atoms with Crippen LogP contribution in [0.25, 0.3) is 0 Å². The van der Waals surface area contributed by atoms with Crippen LogP contribution in [0.1, 0.15) is 23.4 Å². The third-order valence-electron chi connectivity index (χ3n) is 3.57. The van der Waals surface area contributed by atoms with Crippen LogP contribution in [0, 0.1) is 13.8 Å². The zero-order valence-corrected chi connectivity index (χ0v) is 14.7. The number of aromatic nitrogens is 2. The molecule has 0 aliphatic rings. The Hall–Kier alpha value is -2.01. The molecule has 2 N–H and O–H groups in total. The summed E-state index contributed by atoms with van der Waals surface area (Å²) in [7, 11) is 1.77. The van der Waals surface area contributed by atoms with Gasteiger partial charge in [-0.2, -0.15) is 5.10 Å². The molecule has 2 aromatic rings. The molecule has 23 heavy (non-hydrogen) atoms. The summed E-state index contributed by atoms with van der Waals surface area (Å²) in [6, 6.07) is 9.90. The number of guanidine groups is 1. The van der Waals surface area contributed by atoms with Crippen molar-refractivity contribution < 1.29 is 0 Å². The first-order valence-electron chi connectivity index (χ1n) is 7.79. The van der Waals surface area contributed by atoms with Crippen molar-refractivity contribution in [1.82, 2.24) is 20.4 Å². The van der Waals surface area contributed by atoms with E-state index >= 15 is 0 Å². The van der Waals surface area contributed by atoms with Crippen molar-refractivity contribution in [1.29, 1.82) is 0 Å². The minimum absolute atomic E-state index is 0.650. The Morgan fingerprint density at radius 2 is 2.04 bits per heavy atom. The number of nitrogens with zero attached hydrogens (tertiary/aromatic N) is 3. The van der Waals surface area contributed by atoms with Gasteiger partial charge in [0.05, 0.1) is 5.69 Å². The molecule has 0 aliphatic heterocycles. The molecule has 0 unspecified atom stereocenters. The fourth-order valence-corrected chi connectivity index (χ4v) is 2.58. The molecule has 0 radical (unpaired) electrons. The summed E-state index contributed by atoms with van der Waals surface area (Å²) in [6.07, 6.45) is 0.981. The van der Waals surface area contributed by atoms with Crippen molar-refractivity contribution >= 4 is 17.6 Å². The zero-order chi connectivity index (χ0) is 16.7. The van der Waals surface area contributed by atoms with Gasteiger partial charge in [0.2, 0.25) is 0 Å². The Kier molecular flexibility index (Phi) is 6.47. The van der Waals surface area contributed by atoms with Gasteiger partial charge >= 0.3 is 0 Å². The van der Waals surface area contributed by atoms with Crippen molar-refractivity contribution in [3.8, 4) is 0 Å². The van der Waals surface area contributed by atoms with Crippen LogP contribution in [-0.2, 0) is 13.1 Å². The van der Waals surface area contributed by atoms with E-state index in [1.807, 2.05) is 35.9 Å². The van der Waals surface area contributed by atoms with E-state index in [0.29, 0.717) is 6.54 Å². The van der Waals surface area contributed by atoms with Crippen LogP contribution in [0.5, 0.6) is 0 Å². The topological polar surface area (TPSA) is 54.2 Å². The normalized spacial score (nSPS) is 11.6. The minimum Gasteiger partial charge on any atom is -0.356 e. The summed E-state index contributed by atoms with van der Waals surface area (Å²) in [4.78, 5) is 4.23. The van der Waals surface area contributed by atoms with Crippen molar-refractivity contribution in [2.75, 3.05) is 13.6 Å². The van der Waals surface area contributed by atoms with Crippen LogP contribution in [-0.4, -0.2) is 29.3 Å². The summed E-state index contributed by atoms with van der Waals surface area (Å²) < 4.78 is 2.04. The highest BCUT2D eigenvalue weighted by atomic mass is 35.5. The quantitative estimate of drug-likeness (QED) is 0.485. The van der Waals surface area contributed by atoms with Crippen LogP contribution in [0.2, 0.25) is 5.02 Å². The maximum absolute atomic E-state index is 6.15. The largest absolute Gasteiger partial charge is 0.356 e. The molecule has 2 rings (SSSR count). The van der Waals surface area contributed by atoms with E-state index in [1.165, 1.54) is 5.69 Å². The Balaban J connectivity index is 1.73. The highest BCUT2D eigenvalue weighted by Crippen LogP contribution is 2.14. The third-order valence-corrected chi connectivity index (χ3v) is 3.94. The molecule has 0 atom stereocenters. The number of aliphatic imine (C=N–C) groups is 1. The van der Waals surface area contributed by atoms with Gasteiger partial charge < -0.3 is 10.6 Å². The van der Waals surface area contributed by atoms with Gasteiger partial charge in [-0.15, -0.1) is 0 Å². The molecule has 1 aromatic carbocycles. The standard InChI is InChI=1S/C17H24ClN5/c1-13-11-14(2)23(22-13)10-6-9-20-17(19-3)21-12-15-7-4-5-8-16(15)18/h4-5,7-8,11H,6,9-10,12H2,1-3H3,(H2,19,20,21). The van der Waals surface area contributed by atoms with Crippen molar-refractivity contribution in [3.63, 3.8) is 0 Å². The molecular formula is C17H24ClN5. The number of halogens is 1. The first kappa shape index (κ1) is 17.3. The molecule has 0 aliphatic carbocycles. The third kappa shape index (κ3) is 5.28. The second-order valence-electron chi connectivity index (χ2n) is 5.45. The van der Waals surface area contributed by atoms with Gasteiger partial charge in [-0.1, -0.05) is 29.8 Å². The summed E-state index contributed by atoms with van der Waals surface area (Å²) in [5.41, 5.74) is 3.32. The molecule has 1 heterocycles. The van der Waals surface area contributed by atoms with Gasteiger partial charge in [0.25, 0.3) is 0 Å². The Bertz CT molecular complexity index is 663. The Labute approximate surface area is 142 Å². The van der Waals surface area contributed by atoms with Crippen LogP contribution < -0.4 is 10.6 Å². The molecule has 124 valence electrons. The average molecular weight is 334 g/mol. The molecule has 0 saturated heterocycles. The predicted octanol–water partition coefficient (Wildman–Crippen LogP) is 2.91. The van der Waals surface area contributed by atoms with Crippen LogP contribution in [0.15, 0.2) is 35.3 Å². The monoisotopic (exact) mass is 333 g/mol. The maximum Gasteiger partial charge on any atom is 0.191 e. The molecular weight excluding hydrogens is 310 g/mol. The second-order valence-corrected chi connectivity index (χ2v) is 5.85. The van der Waals surface area contributed by atoms with Gasteiger partial charge in [-0.05, 0) is 38.0 Å². The van der Waals surface area contributed by atoms with Gasteiger partial charge in [0.1, 0.15) is 0 Å². The molecule has 0 amide bonds. The summed E-state index contributed by atoms with van der Waals surface area (Å²) in [6.45, 7) is 6.48. The van der Waals surface area contributed by atoms with E-state index in [1.54, 1.807) is 7.05 Å². The highest BCUT2D eigenvalue weighted by Gasteiger charge is 2.03. The second kappa shape index (κ2) is 8.58. The molecule has 1 aromatic heterocycles. The fourth-order valence-electron chi connectivity index (χ4n) is 2.38. The summed E-state index contributed by atoms with van der Waals surface area (Å²) in [5.74, 6) is 0.776. The van der Waals surface area contributed by atoms with E-state index < -0.39 is 0 Å². The summed E-state index contributed by atoms with van der Waals surface area (Å²) in [5, 5.41) is 11.8. The number of aryl methyl sites for hydroxylation is 3. The number of hydrogen-bond donors (Lipinski definition) is 2. The molecule has 0 saturated carbocycles. The highest BCUT2D eigenvalue weighted by molar-refractivity contribution is 6.31. The Morgan fingerprint density at radius 3 is 2.70 bits per heavy atom. The lowest BCUT2D eigenvalue weighted by Crippen LogP contribution is -2.37. The van der Waals surface area contributed by atoms with E-state index in [4.69, 9.17) is 11.6 Å². The predicted molar refractivity (Wildman–Crippen MR) is 96.0 cm³/mol. The molecule has 0 bridgehead atoms.